The second kappa shape index (κ2) is 14.9. The molecule has 0 bridgehead atoms. The summed E-state index contributed by atoms with van der Waals surface area (Å²) < 4.78 is 16.1. The Morgan fingerprint density at radius 3 is 2.24 bits per heavy atom. The van der Waals surface area contributed by atoms with Crippen LogP contribution in [0.25, 0.3) is 0 Å². The second-order valence-electron chi connectivity index (χ2n) is 12.5. The van der Waals surface area contributed by atoms with Crippen LogP contribution < -0.4 is 29.9 Å². The first-order valence-electron chi connectivity index (χ1n) is 15.6. The van der Waals surface area contributed by atoms with Crippen molar-refractivity contribution in [1.29, 1.82) is 0 Å². The molecule has 262 valence electrons. The number of nitrogens with one attached hydrogen (secondary N) is 2. The van der Waals surface area contributed by atoms with E-state index in [0.29, 0.717) is 16.6 Å². The molecule has 1 aliphatic carbocycles. The van der Waals surface area contributed by atoms with Gasteiger partial charge >= 0.3 is 12.1 Å². The predicted molar refractivity (Wildman–Crippen MR) is 186 cm³/mol. The Balaban J connectivity index is 1.33. The number of amides is 3. The number of halogens is 2. The van der Waals surface area contributed by atoms with Gasteiger partial charge in [0.1, 0.15) is 50.7 Å². The van der Waals surface area contributed by atoms with Crippen LogP contribution in [-0.4, -0.2) is 84.0 Å². The first-order chi connectivity index (χ1) is 23.3. The minimum absolute atomic E-state index is 0.101. The lowest BCUT2D eigenvalue weighted by Gasteiger charge is -2.36. The van der Waals surface area contributed by atoms with Crippen molar-refractivity contribution in [1.82, 2.24) is 20.2 Å². The fourth-order valence-corrected chi connectivity index (χ4v) is 6.03. The lowest BCUT2D eigenvalue weighted by Crippen LogP contribution is -2.47. The number of nitro groups is 1. The van der Waals surface area contributed by atoms with Gasteiger partial charge in [-0.25, -0.2) is 19.6 Å². The van der Waals surface area contributed by atoms with Gasteiger partial charge in [-0.05, 0) is 45.7 Å². The lowest BCUT2D eigenvalue weighted by atomic mass is 10.2. The van der Waals surface area contributed by atoms with Gasteiger partial charge in [0.25, 0.3) is 5.69 Å². The number of carbonyl (C=O) groups is 2. The van der Waals surface area contributed by atoms with Gasteiger partial charge in [0.05, 0.1) is 31.4 Å². The number of piperazine rings is 1. The zero-order valence-electron chi connectivity index (χ0n) is 27.8. The molecule has 1 aliphatic heterocycles. The number of aromatic nitrogens is 2. The molecule has 3 aromatic rings. The Hall–Kier alpha value is -4.60. The maximum absolute atomic E-state index is 13.6. The van der Waals surface area contributed by atoms with E-state index in [4.69, 9.17) is 37.4 Å². The lowest BCUT2D eigenvalue weighted by molar-refractivity contribution is -0.383. The first-order valence-corrected chi connectivity index (χ1v) is 16.3. The number of nitro benzene ring substituents is 1. The average Bonchev–Trinajstić information content (AvgIpc) is 3.91. The molecule has 2 fully saturated rings. The summed E-state index contributed by atoms with van der Waals surface area (Å²) >= 11 is 13.1. The van der Waals surface area contributed by atoms with Gasteiger partial charge in [-0.1, -0.05) is 23.2 Å². The molecule has 49 heavy (non-hydrogen) atoms. The van der Waals surface area contributed by atoms with E-state index in [1.165, 1.54) is 45.5 Å². The van der Waals surface area contributed by atoms with Crippen molar-refractivity contribution in [2.75, 3.05) is 55.5 Å². The van der Waals surface area contributed by atoms with E-state index in [-0.39, 0.29) is 51.0 Å². The van der Waals surface area contributed by atoms with Crippen molar-refractivity contribution in [3.8, 4) is 11.5 Å². The highest BCUT2D eigenvalue weighted by atomic mass is 35.5. The number of imide groups is 1. The van der Waals surface area contributed by atoms with Crippen LogP contribution in [0.3, 0.4) is 0 Å². The molecule has 2 aromatic carbocycles. The Kier molecular flexibility index (Phi) is 10.8. The summed E-state index contributed by atoms with van der Waals surface area (Å²) in [5, 5.41) is 17.4. The molecular weight excluding hydrogens is 679 g/mol. The van der Waals surface area contributed by atoms with Crippen molar-refractivity contribution >= 4 is 63.9 Å². The summed E-state index contributed by atoms with van der Waals surface area (Å²) in [4.78, 5) is 52.3. The van der Waals surface area contributed by atoms with Crippen molar-refractivity contribution < 1.29 is 28.7 Å². The van der Waals surface area contributed by atoms with E-state index in [2.05, 4.69) is 30.4 Å². The molecule has 2 aliphatic rings. The zero-order chi connectivity index (χ0) is 35.5. The van der Waals surface area contributed by atoms with Gasteiger partial charge in [-0.2, -0.15) is 4.90 Å². The number of urea groups is 1. The van der Waals surface area contributed by atoms with Crippen LogP contribution in [0.15, 0.2) is 36.7 Å². The monoisotopic (exact) mass is 716 g/mol. The molecule has 5 rings (SSSR count). The third kappa shape index (κ3) is 8.53. The zero-order valence-corrected chi connectivity index (χ0v) is 29.3. The molecule has 1 aromatic heterocycles. The number of carbonyl (C=O) groups excluding carboxylic acids is 2. The summed E-state index contributed by atoms with van der Waals surface area (Å²) in [7, 11) is 2.72. The number of anilines is 4. The molecule has 1 saturated heterocycles. The van der Waals surface area contributed by atoms with E-state index >= 15 is 0 Å². The summed E-state index contributed by atoms with van der Waals surface area (Å²) in [6.07, 6.45) is 2.68. The quantitative estimate of drug-likeness (QED) is 0.176. The van der Waals surface area contributed by atoms with Gasteiger partial charge in [-0.15, -0.1) is 0 Å². The first kappa shape index (κ1) is 35.7. The van der Waals surface area contributed by atoms with E-state index in [0.717, 1.165) is 31.9 Å². The van der Waals surface area contributed by atoms with Crippen molar-refractivity contribution in [3.05, 3.63) is 62.5 Å². The summed E-state index contributed by atoms with van der Waals surface area (Å²) in [5.41, 5.74) is 0.0519. The molecular formula is C32H38Cl2N8O7. The number of nitrogens with zero attached hydrogens (tertiary/aromatic N) is 6. The minimum Gasteiger partial charge on any atom is -0.495 e. The number of benzene rings is 2. The van der Waals surface area contributed by atoms with E-state index in [9.17, 15) is 19.7 Å². The largest absolute Gasteiger partial charge is 0.495 e. The van der Waals surface area contributed by atoms with E-state index in [1.54, 1.807) is 32.9 Å². The van der Waals surface area contributed by atoms with Crippen LogP contribution in [0, 0.1) is 10.1 Å². The topological polar surface area (TPSA) is 165 Å². The van der Waals surface area contributed by atoms with Crippen LogP contribution in [0.2, 0.25) is 10.0 Å². The van der Waals surface area contributed by atoms with Gasteiger partial charge in [0.2, 0.25) is 0 Å². The maximum atomic E-state index is 13.6. The van der Waals surface area contributed by atoms with Gasteiger partial charge in [-0.3, -0.25) is 15.0 Å². The Bertz CT molecular complexity index is 1700. The second-order valence-corrected chi connectivity index (χ2v) is 13.2. The molecule has 2 N–H and O–H groups in total. The maximum Gasteiger partial charge on any atom is 0.423 e. The third-order valence-electron chi connectivity index (χ3n) is 7.88. The van der Waals surface area contributed by atoms with E-state index < -0.39 is 22.6 Å². The molecule has 0 unspecified atom stereocenters. The van der Waals surface area contributed by atoms with Gasteiger partial charge < -0.3 is 29.7 Å². The number of hydrogen-bond donors (Lipinski definition) is 2. The molecule has 0 spiro atoms. The predicted octanol–water partition coefficient (Wildman–Crippen LogP) is 6.39. The number of hydrogen-bond acceptors (Lipinski definition) is 12. The fraction of sp³-hybridized carbons (Fsp3) is 0.438. The SMILES string of the molecule is COc1cc(OC)c(Cl)c(N(C(=O)NCc2cc(Nc3ccc(N4CCN(C5CC5)CC4)cc3[N+](=O)[O-])ncn2)C(=O)OC(C)(C)C)c1Cl. The highest BCUT2D eigenvalue weighted by Crippen LogP contribution is 2.46. The van der Waals surface area contributed by atoms with Crippen LogP contribution in [0.5, 0.6) is 11.5 Å². The Morgan fingerprint density at radius 2 is 1.67 bits per heavy atom. The fourth-order valence-electron chi connectivity index (χ4n) is 5.36. The van der Waals surface area contributed by atoms with Crippen molar-refractivity contribution in [2.45, 2.75) is 51.8 Å². The van der Waals surface area contributed by atoms with Gasteiger partial charge in [0.15, 0.2) is 0 Å². The molecule has 17 heteroatoms. The molecule has 3 amide bonds. The highest BCUT2D eigenvalue weighted by Gasteiger charge is 2.35. The number of methoxy groups -OCH3 is 2. The average molecular weight is 718 g/mol. The Morgan fingerprint density at radius 1 is 1.02 bits per heavy atom. The highest BCUT2D eigenvalue weighted by molar-refractivity contribution is 6.43. The third-order valence-corrected chi connectivity index (χ3v) is 8.61. The summed E-state index contributed by atoms with van der Waals surface area (Å²) in [6.45, 7) is 8.20. The Labute approximate surface area is 293 Å². The van der Waals surface area contributed by atoms with Crippen LogP contribution >= 0.6 is 23.2 Å². The van der Waals surface area contributed by atoms with Gasteiger partial charge in [0, 0.05) is 56.1 Å². The molecule has 1 saturated carbocycles. The van der Waals surface area contributed by atoms with E-state index in [1.807, 2.05) is 6.07 Å². The normalized spacial score (nSPS) is 15.0. The van der Waals surface area contributed by atoms with Crippen LogP contribution in [0.4, 0.5) is 38.2 Å². The molecule has 15 nitrogen and oxygen atoms in total. The molecule has 2 heterocycles. The minimum atomic E-state index is -1.06. The smallest absolute Gasteiger partial charge is 0.423 e. The number of rotatable bonds is 10. The van der Waals surface area contributed by atoms with Crippen LogP contribution in [0.1, 0.15) is 39.3 Å². The number of ether oxygens (including phenoxy) is 3. The summed E-state index contributed by atoms with van der Waals surface area (Å²) in [5.74, 6) is 0.453. The summed E-state index contributed by atoms with van der Waals surface area (Å²) in [6, 6.07) is 7.74. The van der Waals surface area contributed by atoms with Crippen LogP contribution in [-0.2, 0) is 11.3 Å². The standard InChI is InChI=1S/C32H38Cl2N8O7/c1-32(2,3)49-31(44)41(29-27(33)24(47-4)16-25(48-5)28(29)34)30(43)35-17-19-14-26(37-18-36-19)38-22-9-8-21(15-23(22)42(45)46)40-12-10-39(11-13-40)20-6-7-20/h8-9,14-16,18,20H,6-7,10-13,17H2,1-5H3,(H,35,43)(H,36,37,38). The van der Waals surface area contributed by atoms with Crippen molar-refractivity contribution in [2.24, 2.45) is 0 Å². The molecule has 0 radical (unpaired) electrons. The van der Waals surface area contributed by atoms with Crippen molar-refractivity contribution in [3.63, 3.8) is 0 Å². The molecule has 0 atom stereocenters.